The Morgan fingerprint density at radius 3 is 2.18 bits per heavy atom. The van der Waals surface area contributed by atoms with E-state index in [1.807, 2.05) is 18.2 Å². The van der Waals surface area contributed by atoms with Gasteiger partial charge in [0, 0.05) is 0 Å². The first-order valence-electron chi connectivity index (χ1n) is 8.70. The van der Waals surface area contributed by atoms with Crippen molar-refractivity contribution < 1.29 is 0 Å². The molecule has 0 aliphatic heterocycles. The first-order valence-corrected chi connectivity index (χ1v) is 8.70. The number of hydrogen-bond acceptors (Lipinski definition) is 0. The van der Waals surface area contributed by atoms with E-state index in [1.54, 1.807) is 0 Å². The first kappa shape index (κ1) is 16.8. The molecule has 0 radical (unpaired) electrons. The smallest absolute Gasteiger partial charge is 0.0250 e. The molecule has 2 aromatic rings. The summed E-state index contributed by atoms with van der Waals surface area (Å²) in [5, 5.41) is 0. The molecular weight excluding hydrogens is 264 g/mol. The highest BCUT2D eigenvalue weighted by molar-refractivity contribution is 5.22. The zero-order valence-corrected chi connectivity index (χ0v) is 14.4. The van der Waals surface area contributed by atoms with E-state index in [0.717, 1.165) is 11.8 Å². The molecule has 1 aliphatic rings. The molecule has 0 heterocycles. The maximum Gasteiger partial charge on any atom is -0.0250 e. The first-order chi connectivity index (χ1) is 10.6. The molecule has 118 valence electrons. The summed E-state index contributed by atoms with van der Waals surface area (Å²) < 4.78 is 0. The van der Waals surface area contributed by atoms with Crippen molar-refractivity contribution in [3.8, 4) is 0 Å². The van der Waals surface area contributed by atoms with Crippen LogP contribution in [0.2, 0.25) is 0 Å². The van der Waals surface area contributed by atoms with Crippen LogP contribution in [0.3, 0.4) is 0 Å². The van der Waals surface area contributed by atoms with Gasteiger partial charge in [-0.25, -0.2) is 0 Å². The molecule has 2 aromatic carbocycles. The second kappa shape index (κ2) is 8.78. The van der Waals surface area contributed by atoms with Gasteiger partial charge in [-0.05, 0) is 44.1 Å². The van der Waals surface area contributed by atoms with Gasteiger partial charge in [0.25, 0.3) is 0 Å². The lowest BCUT2D eigenvalue weighted by Crippen LogP contribution is -2.15. The van der Waals surface area contributed by atoms with Gasteiger partial charge in [-0.1, -0.05) is 91.9 Å². The van der Waals surface area contributed by atoms with E-state index in [2.05, 4.69) is 57.2 Å². The van der Waals surface area contributed by atoms with Crippen LogP contribution in [0.4, 0.5) is 0 Å². The molecule has 0 amide bonds. The second-order valence-corrected chi connectivity index (χ2v) is 6.99. The van der Waals surface area contributed by atoms with Crippen LogP contribution < -0.4 is 0 Å². The van der Waals surface area contributed by atoms with Crippen molar-refractivity contribution in [2.75, 3.05) is 0 Å². The third kappa shape index (κ3) is 6.05. The van der Waals surface area contributed by atoms with Gasteiger partial charge in [0.2, 0.25) is 0 Å². The van der Waals surface area contributed by atoms with Gasteiger partial charge in [-0.15, -0.1) is 0 Å². The van der Waals surface area contributed by atoms with Crippen LogP contribution in [0.15, 0.2) is 54.6 Å². The summed E-state index contributed by atoms with van der Waals surface area (Å²) in [6.07, 6.45) is 7.07. The number of aryl methyl sites for hydroxylation is 2. The molecule has 1 saturated carbocycles. The van der Waals surface area contributed by atoms with E-state index < -0.39 is 0 Å². The fourth-order valence-electron chi connectivity index (χ4n) is 3.45. The van der Waals surface area contributed by atoms with Crippen molar-refractivity contribution in [2.45, 2.75) is 52.9 Å². The zero-order chi connectivity index (χ0) is 15.8. The number of hydrogen-bond donors (Lipinski definition) is 0. The minimum atomic E-state index is 0.940. The van der Waals surface area contributed by atoms with Crippen LogP contribution in [0.1, 0.15) is 49.3 Å². The van der Waals surface area contributed by atoms with E-state index in [4.69, 9.17) is 0 Å². The Morgan fingerprint density at radius 2 is 1.59 bits per heavy atom. The Labute approximate surface area is 136 Å². The van der Waals surface area contributed by atoms with Crippen molar-refractivity contribution in [3.63, 3.8) is 0 Å². The third-order valence-corrected chi connectivity index (χ3v) is 4.59. The minimum absolute atomic E-state index is 0.940. The van der Waals surface area contributed by atoms with Crippen LogP contribution in [0.25, 0.3) is 0 Å². The summed E-state index contributed by atoms with van der Waals surface area (Å²) in [5.74, 6) is 1.89. The van der Waals surface area contributed by atoms with E-state index in [0.29, 0.717) is 0 Å². The molecule has 22 heavy (non-hydrogen) atoms. The Balaban J connectivity index is 0.000000211. The van der Waals surface area contributed by atoms with Crippen molar-refractivity contribution in [3.05, 3.63) is 71.3 Å². The average Bonchev–Trinajstić information content (AvgIpc) is 2.49. The standard InChI is InChI=1S/C15H22.C7H8/c1-12-5-3-7-14(9-12)11-15-8-4-6-13(2)10-15;1-7-5-3-2-4-6-7/h3,5,7,9,13,15H,4,6,8,10-11H2,1-2H3;2-6H,1H3. The van der Waals surface area contributed by atoms with E-state index in [-0.39, 0.29) is 0 Å². The summed E-state index contributed by atoms with van der Waals surface area (Å²) in [7, 11) is 0. The quantitative estimate of drug-likeness (QED) is 0.604. The Bertz CT molecular complexity index is 541. The van der Waals surface area contributed by atoms with Gasteiger partial charge in [-0.3, -0.25) is 0 Å². The van der Waals surface area contributed by atoms with Gasteiger partial charge < -0.3 is 0 Å². The van der Waals surface area contributed by atoms with E-state index in [1.165, 1.54) is 48.8 Å². The number of benzene rings is 2. The highest BCUT2D eigenvalue weighted by Gasteiger charge is 2.18. The molecule has 3 rings (SSSR count). The molecule has 1 aliphatic carbocycles. The highest BCUT2D eigenvalue weighted by Crippen LogP contribution is 2.30. The summed E-state index contributed by atoms with van der Waals surface area (Å²) in [6, 6.07) is 19.3. The van der Waals surface area contributed by atoms with Crippen molar-refractivity contribution in [2.24, 2.45) is 11.8 Å². The van der Waals surface area contributed by atoms with Crippen LogP contribution in [0.5, 0.6) is 0 Å². The van der Waals surface area contributed by atoms with Gasteiger partial charge in [0.1, 0.15) is 0 Å². The zero-order valence-electron chi connectivity index (χ0n) is 14.4. The summed E-state index contributed by atoms with van der Waals surface area (Å²) in [6.45, 7) is 6.68. The molecule has 1 fully saturated rings. The predicted octanol–water partition coefficient (Wildman–Crippen LogP) is 6.36. The average molecular weight is 294 g/mol. The summed E-state index contributed by atoms with van der Waals surface area (Å²) in [4.78, 5) is 0. The molecular formula is C22H30. The van der Waals surface area contributed by atoms with Crippen molar-refractivity contribution in [1.82, 2.24) is 0 Å². The largest absolute Gasteiger partial charge is 0.0625 e. The molecule has 0 saturated heterocycles. The molecule has 0 bridgehead atoms. The van der Waals surface area contributed by atoms with Gasteiger partial charge >= 0.3 is 0 Å². The highest BCUT2D eigenvalue weighted by atomic mass is 14.2. The molecule has 0 nitrogen and oxygen atoms in total. The molecule has 0 spiro atoms. The molecule has 2 unspecified atom stereocenters. The fourth-order valence-corrected chi connectivity index (χ4v) is 3.45. The molecule has 0 heteroatoms. The van der Waals surface area contributed by atoms with Crippen molar-refractivity contribution >= 4 is 0 Å². The summed E-state index contributed by atoms with van der Waals surface area (Å²) in [5.41, 5.74) is 4.26. The van der Waals surface area contributed by atoms with Crippen molar-refractivity contribution in [1.29, 1.82) is 0 Å². The monoisotopic (exact) mass is 294 g/mol. The Hall–Kier alpha value is -1.56. The lowest BCUT2D eigenvalue weighted by atomic mass is 9.79. The van der Waals surface area contributed by atoms with Crippen LogP contribution in [0, 0.1) is 25.7 Å². The van der Waals surface area contributed by atoms with Gasteiger partial charge in [0.05, 0.1) is 0 Å². The maximum atomic E-state index is 2.41. The van der Waals surface area contributed by atoms with E-state index in [9.17, 15) is 0 Å². The predicted molar refractivity (Wildman–Crippen MR) is 97.2 cm³/mol. The van der Waals surface area contributed by atoms with Gasteiger partial charge in [-0.2, -0.15) is 0 Å². The Kier molecular flexibility index (Phi) is 6.71. The second-order valence-electron chi connectivity index (χ2n) is 6.99. The fraction of sp³-hybridized carbons (Fsp3) is 0.455. The maximum absolute atomic E-state index is 2.41. The lowest BCUT2D eigenvalue weighted by Gasteiger charge is -2.26. The molecule has 0 N–H and O–H groups in total. The van der Waals surface area contributed by atoms with Crippen LogP contribution >= 0.6 is 0 Å². The summed E-state index contributed by atoms with van der Waals surface area (Å²) >= 11 is 0. The normalized spacial score (nSPS) is 20.9. The lowest BCUT2D eigenvalue weighted by molar-refractivity contribution is 0.281. The van der Waals surface area contributed by atoms with Crippen LogP contribution in [-0.2, 0) is 6.42 Å². The molecule has 2 atom stereocenters. The topological polar surface area (TPSA) is 0 Å². The van der Waals surface area contributed by atoms with Gasteiger partial charge in [0.15, 0.2) is 0 Å². The number of rotatable bonds is 2. The third-order valence-electron chi connectivity index (χ3n) is 4.59. The SMILES string of the molecule is Cc1cccc(CC2CCCC(C)C2)c1.Cc1ccccc1. The Morgan fingerprint density at radius 1 is 0.864 bits per heavy atom. The molecule has 0 aromatic heterocycles. The minimum Gasteiger partial charge on any atom is -0.0625 e. The van der Waals surface area contributed by atoms with Crippen LogP contribution in [-0.4, -0.2) is 0 Å². The van der Waals surface area contributed by atoms with E-state index >= 15 is 0 Å².